The average molecular weight is 217 g/mol. The zero-order valence-electron chi connectivity index (χ0n) is 8.64. The lowest BCUT2D eigenvalue weighted by atomic mass is 9.64. The van der Waals surface area contributed by atoms with Gasteiger partial charge in [-0.25, -0.2) is 4.98 Å². The SMILES string of the molecule is O=C(O)C1(c2coc3ncccc23)CCC1. The number of carboxylic acid groups (broad SMARTS) is 1. The second-order valence-corrected chi connectivity index (χ2v) is 4.25. The van der Waals surface area contributed by atoms with Crippen molar-refractivity contribution in [3.63, 3.8) is 0 Å². The molecule has 1 aliphatic carbocycles. The van der Waals surface area contributed by atoms with E-state index in [0.717, 1.165) is 17.4 Å². The van der Waals surface area contributed by atoms with Gasteiger partial charge < -0.3 is 9.52 Å². The smallest absolute Gasteiger partial charge is 0.314 e. The van der Waals surface area contributed by atoms with Crippen molar-refractivity contribution in [3.8, 4) is 0 Å². The molecule has 3 rings (SSSR count). The second kappa shape index (κ2) is 3.07. The highest BCUT2D eigenvalue weighted by atomic mass is 16.4. The highest BCUT2D eigenvalue weighted by molar-refractivity contribution is 5.90. The molecule has 1 aliphatic rings. The maximum absolute atomic E-state index is 11.4. The van der Waals surface area contributed by atoms with E-state index in [1.54, 1.807) is 18.5 Å². The predicted octanol–water partition coefficient (Wildman–Crippen LogP) is 2.33. The number of nitrogens with zero attached hydrogens (tertiary/aromatic N) is 1. The van der Waals surface area contributed by atoms with Crippen molar-refractivity contribution in [1.82, 2.24) is 4.98 Å². The summed E-state index contributed by atoms with van der Waals surface area (Å²) in [4.78, 5) is 15.5. The molecule has 2 aromatic heterocycles. The van der Waals surface area contributed by atoms with E-state index < -0.39 is 11.4 Å². The molecule has 0 aliphatic heterocycles. The Morgan fingerprint density at radius 1 is 1.50 bits per heavy atom. The van der Waals surface area contributed by atoms with Crippen LogP contribution in [0.25, 0.3) is 11.1 Å². The standard InChI is InChI=1S/C12H11NO3/c14-11(15)12(4-2-5-12)9-7-16-10-8(9)3-1-6-13-10/h1,3,6-7H,2,4-5H2,(H,14,15). The second-order valence-electron chi connectivity index (χ2n) is 4.25. The van der Waals surface area contributed by atoms with Gasteiger partial charge in [-0.3, -0.25) is 4.79 Å². The average Bonchev–Trinajstić information content (AvgIpc) is 2.61. The number of fused-ring (bicyclic) bond motifs is 1. The van der Waals surface area contributed by atoms with E-state index in [9.17, 15) is 9.90 Å². The summed E-state index contributed by atoms with van der Waals surface area (Å²) in [5.74, 6) is -0.759. The fourth-order valence-electron chi connectivity index (χ4n) is 2.37. The Morgan fingerprint density at radius 3 is 2.94 bits per heavy atom. The van der Waals surface area contributed by atoms with Gasteiger partial charge in [-0.2, -0.15) is 0 Å². The summed E-state index contributed by atoms with van der Waals surface area (Å²) in [6.45, 7) is 0. The van der Waals surface area contributed by atoms with Crippen molar-refractivity contribution in [2.75, 3.05) is 0 Å². The van der Waals surface area contributed by atoms with Crippen LogP contribution in [0.1, 0.15) is 24.8 Å². The van der Waals surface area contributed by atoms with Gasteiger partial charge in [-0.05, 0) is 25.0 Å². The van der Waals surface area contributed by atoms with Gasteiger partial charge in [0.1, 0.15) is 0 Å². The lowest BCUT2D eigenvalue weighted by Crippen LogP contribution is -2.42. The molecule has 0 saturated heterocycles. The topological polar surface area (TPSA) is 63.3 Å². The van der Waals surface area contributed by atoms with Crippen molar-refractivity contribution in [2.45, 2.75) is 24.7 Å². The first kappa shape index (κ1) is 9.39. The minimum atomic E-state index is -0.759. The molecule has 1 fully saturated rings. The summed E-state index contributed by atoms with van der Waals surface area (Å²) in [5.41, 5.74) is 0.549. The number of aromatic nitrogens is 1. The lowest BCUT2D eigenvalue weighted by Gasteiger charge is -2.37. The van der Waals surface area contributed by atoms with Gasteiger partial charge in [0.2, 0.25) is 5.71 Å². The van der Waals surface area contributed by atoms with Gasteiger partial charge in [-0.15, -0.1) is 0 Å². The molecule has 1 saturated carbocycles. The molecule has 0 amide bonds. The highest BCUT2D eigenvalue weighted by Gasteiger charge is 2.47. The van der Waals surface area contributed by atoms with E-state index in [2.05, 4.69) is 4.98 Å². The summed E-state index contributed by atoms with van der Waals surface area (Å²) in [7, 11) is 0. The normalized spacial score (nSPS) is 18.2. The maximum Gasteiger partial charge on any atom is 0.314 e. The van der Waals surface area contributed by atoms with Crippen LogP contribution < -0.4 is 0 Å². The third-order valence-electron chi connectivity index (χ3n) is 3.48. The van der Waals surface area contributed by atoms with Crippen molar-refractivity contribution in [1.29, 1.82) is 0 Å². The van der Waals surface area contributed by atoms with Gasteiger partial charge in [-0.1, -0.05) is 6.42 Å². The summed E-state index contributed by atoms with van der Waals surface area (Å²) in [6.07, 6.45) is 5.52. The van der Waals surface area contributed by atoms with Crippen molar-refractivity contribution in [2.24, 2.45) is 0 Å². The van der Waals surface area contributed by atoms with Crippen LogP contribution in [-0.4, -0.2) is 16.1 Å². The largest absolute Gasteiger partial charge is 0.481 e. The molecule has 0 bridgehead atoms. The number of hydrogen-bond acceptors (Lipinski definition) is 3. The molecule has 0 atom stereocenters. The van der Waals surface area contributed by atoms with Crippen molar-refractivity contribution >= 4 is 17.1 Å². The van der Waals surface area contributed by atoms with E-state index in [1.807, 2.05) is 6.07 Å². The first-order chi connectivity index (χ1) is 7.74. The van der Waals surface area contributed by atoms with E-state index >= 15 is 0 Å². The molecule has 0 aromatic carbocycles. The number of furan rings is 1. The Labute approximate surface area is 91.9 Å². The van der Waals surface area contributed by atoms with Crippen LogP contribution >= 0.6 is 0 Å². The van der Waals surface area contributed by atoms with Crippen molar-refractivity contribution < 1.29 is 14.3 Å². The minimum absolute atomic E-state index is 0.519. The quantitative estimate of drug-likeness (QED) is 0.838. The number of pyridine rings is 1. The highest BCUT2D eigenvalue weighted by Crippen LogP contribution is 2.46. The van der Waals surface area contributed by atoms with Gasteiger partial charge in [0.05, 0.1) is 11.7 Å². The van der Waals surface area contributed by atoms with Crippen LogP contribution in [0, 0.1) is 0 Å². The summed E-state index contributed by atoms with van der Waals surface area (Å²) in [6, 6.07) is 3.67. The first-order valence-electron chi connectivity index (χ1n) is 5.30. The monoisotopic (exact) mass is 217 g/mol. The maximum atomic E-state index is 11.4. The van der Waals surface area contributed by atoms with Gasteiger partial charge in [0.15, 0.2) is 0 Å². The molecule has 0 radical (unpaired) electrons. The Morgan fingerprint density at radius 2 is 2.31 bits per heavy atom. The number of aliphatic carboxylic acids is 1. The van der Waals surface area contributed by atoms with Gasteiger partial charge >= 0.3 is 5.97 Å². The van der Waals surface area contributed by atoms with E-state index in [-0.39, 0.29) is 0 Å². The zero-order valence-corrected chi connectivity index (χ0v) is 8.64. The first-order valence-corrected chi connectivity index (χ1v) is 5.30. The fraction of sp³-hybridized carbons (Fsp3) is 0.333. The van der Waals surface area contributed by atoms with Gasteiger partial charge in [0.25, 0.3) is 0 Å². The molecule has 0 unspecified atom stereocenters. The molecule has 0 spiro atoms. The Hall–Kier alpha value is -1.84. The molecule has 2 aromatic rings. The van der Waals surface area contributed by atoms with E-state index in [4.69, 9.17) is 4.42 Å². The third-order valence-corrected chi connectivity index (χ3v) is 3.48. The summed E-state index contributed by atoms with van der Waals surface area (Å²) < 4.78 is 5.31. The van der Waals surface area contributed by atoms with Crippen LogP contribution in [-0.2, 0) is 10.2 Å². The number of hydrogen-bond donors (Lipinski definition) is 1. The van der Waals surface area contributed by atoms with Crippen molar-refractivity contribution in [3.05, 3.63) is 30.2 Å². The Balaban J connectivity index is 2.22. The summed E-state index contributed by atoms with van der Waals surface area (Å²) >= 11 is 0. The molecule has 82 valence electrons. The number of carbonyl (C=O) groups is 1. The number of rotatable bonds is 2. The summed E-state index contributed by atoms with van der Waals surface area (Å²) in [5, 5.41) is 10.2. The third kappa shape index (κ3) is 1.04. The minimum Gasteiger partial charge on any atom is -0.481 e. The van der Waals surface area contributed by atoms with Crippen LogP contribution in [0.5, 0.6) is 0 Å². The zero-order chi connectivity index (χ0) is 11.2. The van der Waals surface area contributed by atoms with Crippen LogP contribution in [0.4, 0.5) is 0 Å². The molecular formula is C12H11NO3. The molecule has 4 nitrogen and oxygen atoms in total. The molecule has 2 heterocycles. The fourth-order valence-corrected chi connectivity index (χ4v) is 2.37. The molecule has 4 heteroatoms. The van der Waals surface area contributed by atoms with E-state index in [1.165, 1.54) is 0 Å². The predicted molar refractivity (Wildman–Crippen MR) is 57.2 cm³/mol. The Kier molecular flexibility index (Phi) is 1.80. The van der Waals surface area contributed by atoms with E-state index in [0.29, 0.717) is 18.6 Å². The molecule has 1 N–H and O–H groups in total. The Bertz CT molecular complexity index is 554. The van der Waals surface area contributed by atoms with Crippen LogP contribution in [0.15, 0.2) is 29.0 Å². The van der Waals surface area contributed by atoms with Crippen LogP contribution in [0.3, 0.4) is 0 Å². The van der Waals surface area contributed by atoms with Crippen LogP contribution in [0.2, 0.25) is 0 Å². The number of carboxylic acids is 1. The lowest BCUT2D eigenvalue weighted by molar-refractivity contribution is -0.147. The molecule has 16 heavy (non-hydrogen) atoms. The van der Waals surface area contributed by atoms with Gasteiger partial charge in [0, 0.05) is 17.1 Å². The molecular weight excluding hydrogens is 206 g/mol.